The average molecular weight is 949 g/mol. The third kappa shape index (κ3) is 6.84. The first kappa shape index (κ1) is 42.3. The van der Waals surface area contributed by atoms with Gasteiger partial charge >= 0.3 is 6.18 Å². The summed E-state index contributed by atoms with van der Waals surface area (Å²) < 4.78 is 52.1. The van der Waals surface area contributed by atoms with Crippen molar-refractivity contribution < 1.29 is 13.2 Å². The van der Waals surface area contributed by atoms with Gasteiger partial charge in [-0.25, -0.2) is 4.98 Å². The number of fused-ring (bicyclic) bond motifs is 10. The topological polar surface area (TPSA) is 53.5 Å². The molecule has 4 heterocycles. The van der Waals surface area contributed by atoms with Crippen LogP contribution in [0.2, 0.25) is 0 Å². The monoisotopic (exact) mass is 948 g/mol. The Kier molecular flexibility index (Phi) is 9.56. The minimum atomic E-state index is -4.68. The minimum Gasteiger partial charge on any atom is -0.309 e. The molecule has 0 aliphatic heterocycles. The first-order chi connectivity index (χ1) is 35.9. The molecule has 14 aromatic rings. The summed E-state index contributed by atoms with van der Waals surface area (Å²) in [4.78, 5) is 15.7. The summed E-state index contributed by atoms with van der Waals surface area (Å²) in [7, 11) is 0. The van der Waals surface area contributed by atoms with E-state index in [1.54, 1.807) is 6.07 Å². The second-order valence-electron chi connectivity index (χ2n) is 18.3. The van der Waals surface area contributed by atoms with Gasteiger partial charge < -0.3 is 9.13 Å². The maximum absolute atomic E-state index is 15.3. The molecule has 0 aliphatic carbocycles. The zero-order valence-corrected chi connectivity index (χ0v) is 38.8. The van der Waals surface area contributed by atoms with Crippen LogP contribution in [0.3, 0.4) is 0 Å². The Morgan fingerprint density at radius 2 is 0.836 bits per heavy atom. The fourth-order valence-corrected chi connectivity index (χ4v) is 10.9. The number of aromatic nitrogens is 6. The standard InChI is InChI=1S/C64H39F3N6/c65-64(66,67)45-31-35-57(72-53-27-15-13-25-47(53)48-32-36-58-59(60(48)72)49-26-14-16-28-54(49)71(58)46-23-11-4-12-24-46)52(39-45)62-68-61(42-21-9-3-10-22-42)69-63(70-62)73-55-33-29-43(40-17-5-1-6-18-40)37-50(55)51-38-44(30-34-56(51)73)41-19-7-2-8-20-41/h1-39H. The van der Waals surface area contributed by atoms with Crippen molar-refractivity contribution in [3.63, 3.8) is 0 Å². The smallest absolute Gasteiger partial charge is 0.309 e. The Balaban J connectivity index is 1.08. The highest BCUT2D eigenvalue weighted by atomic mass is 19.4. The fraction of sp³-hybridized carbons (Fsp3) is 0.0156. The van der Waals surface area contributed by atoms with Crippen molar-refractivity contribution in [2.24, 2.45) is 0 Å². The van der Waals surface area contributed by atoms with Crippen LogP contribution < -0.4 is 0 Å². The molecule has 0 bridgehead atoms. The number of halogens is 3. The molecule has 0 fully saturated rings. The molecule has 0 saturated heterocycles. The minimum absolute atomic E-state index is 0.0894. The van der Waals surface area contributed by atoms with Gasteiger partial charge in [-0.15, -0.1) is 0 Å². The highest BCUT2D eigenvalue weighted by molar-refractivity contribution is 6.26. The highest BCUT2D eigenvalue weighted by Crippen LogP contribution is 2.45. The van der Waals surface area contributed by atoms with Crippen molar-refractivity contribution in [1.82, 2.24) is 28.7 Å². The van der Waals surface area contributed by atoms with E-state index in [-0.39, 0.29) is 17.3 Å². The third-order valence-corrected chi connectivity index (χ3v) is 14.1. The van der Waals surface area contributed by atoms with Crippen LogP contribution in [0.4, 0.5) is 13.2 Å². The van der Waals surface area contributed by atoms with E-state index in [2.05, 4.69) is 112 Å². The van der Waals surface area contributed by atoms with Crippen LogP contribution in [0, 0.1) is 0 Å². The van der Waals surface area contributed by atoms with E-state index in [0.29, 0.717) is 17.1 Å². The van der Waals surface area contributed by atoms with E-state index in [1.165, 1.54) is 6.07 Å². The normalized spacial score (nSPS) is 12.0. The predicted octanol–water partition coefficient (Wildman–Crippen LogP) is 16.8. The van der Waals surface area contributed by atoms with Crippen LogP contribution in [0.25, 0.3) is 128 Å². The molecule has 0 spiro atoms. The molecule has 0 N–H and O–H groups in total. The Hall–Kier alpha value is -9.60. The van der Waals surface area contributed by atoms with Gasteiger partial charge in [-0.3, -0.25) is 4.57 Å². The molecule has 0 saturated carbocycles. The summed E-state index contributed by atoms with van der Waals surface area (Å²) in [5.74, 6) is 0.672. The van der Waals surface area contributed by atoms with Gasteiger partial charge in [0.05, 0.1) is 44.4 Å². The lowest BCUT2D eigenvalue weighted by Gasteiger charge is -2.18. The molecule has 6 nitrogen and oxygen atoms in total. The van der Waals surface area contributed by atoms with E-state index >= 15 is 13.2 Å². The first-order valence-electron chi connectivity index (χ1n) is 24.1. The molecule has 0 amide bonds. The van der Waals surface area contributed by atoms with E-state index in [0.717, 1.165) is 99.4 Å². The van der Waals surface area contributed by atoms with E-state index in [4.69, 9.17) is 15.0 Å². The maximum Gasteiger partial charge on any atom is 0.416 e. The summed E-state index contributed by atoms with van der Waals surface area (Å²) in [6.45, 7) is 0. The maximum atomic E-state index is 15.3. The lowest BCUT2D eigenvalue weighted by Crippen LogP contribution is -2.10. The molecule has 10 aromatic carbocycles. The number of benzene rings is 10. The molecule has 0 radical (unpaired) electrons. The van der Waals surface area contributed by atoms with Crippen molar-refractivity contribution in [3.8, 4) is 62.4 Å². The van der Waals surface area contributed by atoms with Crippen molar-refractivity contribution >= 4 is 65.4 Å². The van der Waals surface area contributed by atoms with Crippen LogP contribution in [-0.4, -0.2) is 28.7 Å². The SMILES string of the molecule is FC(F)(F)c1ccc(-n2c3ccccc3c3ccc4c(c5ccccc5n4-c4ccccc4)c32)c(-c2nc(-c3ccccc3)nc(-n3c4ccc(-c5ccccc5)cc4c4cc(-c5ccccc5)ccc43)n2)c1. The molecule has 14 rings (SSSR count). The summed E-state index contributed by atoms with van der Waals surface area (Å²) in [6, 6.07) is 77.6. The Bertz CT molecular complexity index is 4370. The number of rotatable bonds is 7. The highest BCUT2D eigenvalue weighted by Gasteiger charge is 2.33. The molecular weight excluding hydrogens is 910 g/mol. The van der Waals surface area contributed by atoms with E-state index < -0.39 is 11.7 Å². The van der Waals surface area contributed by atoms with Crippen LogP contribution in [0.15, 0.2) is 237 Å². The van der Waals surface area contributed by atoms with Gasteiger partial charge in [-0.2, -0.15) is 23.1 Å². The molecule has 73 heavy (non-hydrogen) atoms. The second kappa shape index (κ2) is 16.5. The number of alkyl halides is 3. The number of hydrogen-bond acceptors (Lipinski definition) is 3. The third-order valence-electron chi connectivity index (χ3n) is 14.1. The molecular formula is C64H39F3N6. The quantitative estimate of drug-likeness (QED) is 0.160. The predicted molar refractivity (Wildman–Crippen MR) is 290 cm³/mol. The summed E-state index contributed by atoms with van der Waals surface area (Å²) in [5, 5.41) is 5.84. The molecule has 346 valence electrons. The molecule has 4 aromatic heterocycles. The number of para-hydroxylation sites is 3. The fourth-order valence-electron chi connectivity index (χ4n) is 10.9. The average Bonchev–Trinajstić information content (AvgIpc) is 4.09. The summed E-state index contributed by atoms with van der Waals surface area (Å²) in [5.41, 5.74) is 11.1. The van der Waals surface area contributed by atoms with Crippen LogP contribution in [0.1, 0.15) is 5.56 Å². The van der Waals surface area contributed by atoms with Gasteiger partial charge in [-0.1, -0.05) is 164 Å². The Labute approximate surface area is 416 Å². The number of hydrogen-bond donors (Lipinski definition) is 0. The van der Waals surface area contributed by atoms with Gasteiger partial charge in [0.1, 0.15) is 0 Å². The second-order valence-corrected chi connectivity index (χ2v) is 18.3. The molecule has 0 atom stereocenters. The molecule has 0 unspecified atom stereocenters. The first-order valence-corrected chi connectivity index (χ1v) is 24.1. The van der Waals surface area contributed by atoms with Gasteiger partial charge in [0.25, 0.3) is 0 Å². The van der Waals surface area contributed by atoms with Gasteiger partial charge in [-0.05, 0) is 95.1 Å². The Morgan fingerprint density at radius 3 is 1.45 bits per heavy atom. The summed E-state index contributed by atoms with van der Waals surface area (Å²) in [6.07, 6.45) is -4.68. The molecule has 0 aliphatic rings. The lowest BCUT2D eigenvalue weighted by molar-refractivity contribution is -0.137. The van der Waals surface area contributed by atoms with Gasteiger partial charge in [0.15, 0.2) is 11.6 Å². The largest absolute Gasteiger partial charge is 0.416 e. The summed E-state index contributed by atoms with van der Waals surface area (Å²) >= 11 is 0. The van der Waals surface area contributed by atoms with Gasteiger partial charge in [0, 0.05) is 49.1 Å². The lowest BCUT2D eigenvalue weighted by atomic mass is 10.0. The van der Waals surface area contributed by atoms with Crippen molar-refractivity contribution in [2.75, 3.05) is 0 Å². The Morgan fingerprint density at radius 1 is 0.329 bits per heavy atom. The van der Waals surface area contributed by atoms with Crippen LogP contribution in [0.5, 0.6) is 0 Å². The van der Waals surface area contributed by atoms with Crippen molar-refractivity contribution in [2.45, 2.75) is 6.18 Å². The van der Waals surface area contributed by atoms with Crippen molar-refractivity contribution in [1.29, 1.82) is 0 Å². The van der Waals surface area contributed by atoms with E-state index in [9.17, 15) is 0 Å². The zero-order chi connectivity index (χ0) is 48.8. The number of nitrogens with zero attached hydrogens (tertiary/aromatic N) is 6. The van der Waals surface area contributed by atoms with Crippen LogP contribution in [-0.2, 0) is 6.18 Å². The van der Waals surface area contributed by atoms with Gasteiger partial charge in [0.2, 0.25) is 5.95 Å². The zero-order valence-electron chi connectivity index (χ0n) is 38.8. The molecule has 9 heteroatoms. The van der Waals surface area contributed by atoms with Crippen LogP contribution >= 0.6 is 0 Å². The van der Waals surface area contributed by atoms with E-state index in [1.807, 2.05) is 120 Å². The van der Waals surface area contributed by atoms with Crippen molar-refractivity contribution in [3.05, 3.63) is 242 Å².